The summed E-state index contributed by atoms with van der Waals surface area (Å²) >= 11 is 0. The van der Waals surface area contributed by atoms with Crippen molar-refractivity contribution in [1.82, 2.24) is 34.2 Å². The summed E-state index contributed by atoms with van der Waals surface area (Å²) in [7, 11) is 1.72. The van der Waals surface area contributed by atoms with Crippen molar-refractivity contribution in [1.29, 1.82) is 0 Å². The molecule has 0 aliphatic carbocycles. The summed E-state index contributed by atoms with van der Waals surface area (Å²) in [6.07, 6.45) is 1.61. The van der Waals surface area contributed by atoms with Crippen LogP contribution in [-0.2, 0) is 13.6 Å². The molecular weight excluding hydrogens is 406 g/mol. The molecule has 0 aliphatic heterocycles. The van der Waals surface area contributed by atoms with E-state index >= 15 is 0 Å². The van der Waals surface area contributed by atoms with E-state index in [1.54, 1.807) is 13.2 Å². The van der Waals surface area contributed by atoms with Crippen LogP contribution in [0, 0.1) is 13.8 Å². The Morgan fingerprint density at radius 1 is 1.03 bits per heavy atom. The predicted molar refractivity (Wildman–Crippen MR) is 119 cm³/mol. The van der Waals surface area contributed by atoms with Crippen molar-refractivity contribution in [2.45, 2.75) is 20.4 Å². The highest BCUT2D eigenvalue weighted by atomic mass is 16.2. The number of hydrogen-bond acceptors (Lipinski definition) is 6. The van der Waals surface area contributed by atoms with Gasteiger partial charge >= 0.3 is 11.6 Å². The molecule has 0 amide bonds. The third-order valence-electron chi connectivity index (χ3n) is 5.20. The average molecular weight is 428 g/mol. The first-order valence-electron chi connectivity index (χ1n) is 10.1. The van der Waals surface area contributed by atoms with Gasteiger partial charge in [-0.3, -0.25) is 10.7 Å². The van der Waals surface area contributed by atoms with Gasteiger partial charge in [-0.05, 0) is 31.5 Å². The summed E-state index contributed by atoms with van der Waals surface area (Å²) in [5, 5.41) is 13.0. The minimum Gasteiger partial charge on any atom is -0.290 e. The maximum atomic E-state index is 13.2. The van der Waals surface area contributed by atoms with Gasteiger partial charge in [0.15, 0.2) is 0 Å². The summed E-state index contributed by atoms with van der Waals surface area (Å²) < 4.78 is 2.74. The van der Waals surface area contributed by atoms with Crippen molar-refractivity contribution >= 4 is 11.6 Å². The van der Waals surface area contributed by atoms with Crippen LogP contribution in [0.3, 0.4) is 0 Å². The number of pyridine rings is 1. The molecule has 0 fully saturated rings. The van der Waals surface area contributed by atoms with Crippen LogP contribution in [0.2, 0.25) is 0 Å². The van der Waals surface area contributed by atoms with Gasteiger partial charge in [0.05, 0.1) is 18.3 Å². The molecule has 0 unspecified atom stereocenters. The molecule has 5 rings (SSSR count). The number of H-pyrrole nitrogens is 1. The van der Waals surface area contributed by atoms with Crippen molar-refractivity contribution in [3.05, 3.63) is 76.2 Å². The Balaban J connectivity index is 1.83. The lowest BCUT2D eigenvalue weighted by Gasteiger charge is -2.10. The van der Waals surface area contributed by atoms with Crippen molar-refractivity contribution < 1.29 is 4.98 Å². The van der Waals surface area contributed by atoms with Crippen LogP contribution >= 0.6 is 0 Å². The predicted octanol–water partition coefficient (Wildman–Crippen LogP) is 1.41. The Bertz CT molecular complexity index is 1490. The number of rotatable bonds is 4. The fraction of sp³-hybridized carbons (Fsp3) is 0.182. The van der Waals surface area contributed by atoms with E-state index in [0.29, 0.717) is 11.3 Å². The van der Waals surface area contributed by atoms with E-state index in [9.17, 15) is 4.79 Å². The first kappa shape index (κ1) is 19.6. The molecule has 10 nitrogen and oxygen atoms in total. The van der Waals surface area contributed by atoms with Crippen LogP contribution in [0.15, 0.2) is 53.5 Å². The fourth-order valence-electron chi connectivity index (χ4n) is 3.94. The Morgan fingerprint density at radius 2 is 1.75 bits per heavy atom. The second-order valence-corrected chi connectivity index (χ2v) is 7.69. The topological polar surface area (TPSA) is 123 Å². The zero-order valence-electron chi connectivity index (χ0n) is 17.9. The van der Waals surface area contributed by atoms with Crippen LogP contribution < -0.4 is 16.4 Å². The molecule has 1 aromatic carbocycles. The average Bonchev–Trinajstić information content (AvgIpc) is 3.31. The number of hydrogen-bond donors (Lipinski definition) is 1. The Hall–Kier alpha value is -4.34. The van der Waals surface area contributed by atoms with Gasteiger partial charge in [-0.15, -0.1) is 9.50 Å². The molecule has 0 aliphatic rings. The standard InChI is InChI=1S/C22H21N9O/c1-13-9-16(10-14(2)25-13)18-19(15-7-5-4-6-8-15)26-21(23)31-20(18)28-30(22(31)32)12-17-11-24-29(3)27-17/h4-11H,12H2,1-3H3,(H2,23,26)/p+1. The molecule has 32 heavy (non-hydrogen) atoms. The van der Waals surface area contributed by atoms with Crippen LogP contribution in [-0.4, -0.2) is 34.2 Å². The van der Waals surface area contributed by atoms with Crippen LogP contribution in [0.1, 0.15) is 17.1 Å². The van der Waals surface area contributed by atoms with Crippen molar-refractivity contribution in [3.63, 3.8) is 0 Å². The van der Waals surface area contributed by atoms with Crippen LogP contribution in [0.25, 0.3) is 28.0 Å². The quantitative estimate of drug-likeness (QED) is 0.462. The van der Waals surface area contributed by atoms with Gasteiger partial charge in [-0.1, -0.05) is 30.3 Å². The lowest BCUT2D eigenvalue weighted by molar-refractivity contribution is -0.351. The van der Waals surface area contributed by atoms with E-state index in [1.807, 2.05) is 56.3 Å². The fourth-order valence-corrected chi connectivity index (χ4v) is 3.94. The highest BCUT2D eigenvalue weighted by Crippen LogP contribution is 2.32. The highest BCUT2D eigenvalue weighted by molar-refractivity contribution is 5.88. The number of fused-ring (bicyclic) bond motifs is 1. The van der Waals surface area contributed by atoms with Crippen LogP contribution in [0.4, 0.5) is 5.95 Å². The number of nitrogens with zero attached hydrogens (tertiary/aromatic N) is 7. The minimum absolute atomic E-state index is 0.183. The third kappa shape index (κ3) is 3.31. The van der Waals surface area contributed by atoms with Gasteiger partial charge < -0.3 is 0 Å². The van der Waals surface area contributed by atoms with Gasteiger partial charge in [0.2, 0.25) is 5.65 Å². The van der Waals surface area contributed by atoms with Crippen molar-refractivity contribution in [2.24, 2.45) is 7.05 Å². The number of aromatic amines is 1. The monoisotopic (exact) mass is 428 g/mol. The number of nitrogens with one attached hydrogen (secondary N) is 1. The van der Waals surface area contributed by atoms with Gasteiger partial charge in [0.25, 0.3) is 0 Å². The third-order valence-corrected chi connectivity index (χ3v) is 5.20. The molecule has 0 saturated heterocycles. The molecule has 0 atom stereocenters. The molecule has 4 aromatic heterocycles. The van der Waals surface area contributed by atoms with E-state index in [0.717, 1.165) is 33.8 Å². The van der Waals surface area contributed by atoms with E-state index in [-0.39, 0.29) is 18.2 Å². The van der Waals surface area contributed by atoms with Gasteiger partial charge in [0.1, 0.15) is 11.4 Å². The zero-order chi connectivity index (χ0) is 22.4. The summed E-state index contributed by atoms with van der Waals surface area (Å²) in [6, 6.07) is 13.8. The zero-order valence-corrected chi connectivity index (χ0v) is 17.9. The maximum absolute atomic E-state index is 13.2. The second kappa shape index (κ2) is 7.41. The molecule has 5 aromatic rings. The number of aryl methyl sites for hydroxylation is 3. The SMILES string of the molecule is Cc1cc(-c2c(-c3ccccc3)[nH+]c(N)n3c(=O)n(Cc4cnn(C)n4)nc23)cc(C)n1. The Labute approximate surface area is 183 Å². The lowest BCUT2D eigenvalue weighted by Crippen LogP contribution is -2.28. The molecule has 10 heteroatoms. The maximum Gasteiger partial charge on any atom is 0.411 e. The molecule has 4 heterocycles. The molecule has 0 spiro atoms. The second-order valence-electron chi connectivity index (χ2n) is 7.69. The normalized spacial score (nSPS) is 11.3. The minimum atomic E-state index is -0.359. The number of nitrogen functional groups attached to an aromatic ring is 1. The largest absolute Gasteiger partial charge is 0.411 e. The summed E-state index contributed by atoms with van der Waals surface area (Å²) in [6.45, 7) is 4.06. The van der Waals surface area contributed by atoms with E-state index in [4.69, 9.17) is 5.73 Å². The molecular formula is C22H22N9O+. The molecule has 160 valence electrons. The number of aromatic nitrogens is 8. The van der Waals surface area contributed by atoms with E-state index < -0.39 is 0 Å². The molecule has 3 N–H and O–H groups in total. The Kier molecular flexibility index (Phi) is 4.54. The molecule has 0 bridgehead atoms. The van der Waals surface area contributed by atoms with Gasteiger partial charge in [0, 0.05) is 24.0 Å². The summed E-state index contributed by atoms with van der Waals surface area (Å²) in [4.78, 5) is 22.4. The number of benzene rings is 1. The highest BCUT2D eigenvalue weighted by Gasteiger charge is 2.26. The summed E-state index contributed by atoms with van der Waals surface area (Å²) in [5.74, 6) is 0.195. The first-order chi connectivity index (χ1) is 15.4. The molecule has 0 radical (unpaired) electrons. The lowest BCUT2D eigenvalue weighted by atomic mass is 9.99. The van der Waals surface area contributed by atoms with Gasteiger partial charge in [-0.2, -0.15) is 19.7 Å². The summed E-state index contributed by atoms with van der Waals surface area (Å²) in [5.41, 5.74) is 12.2. The number of nitrogens with two attached hydrogens (primary N) is 1. The molecule has 0 saturated carbocycles. The smallest absolute Gasteiger partial charge is 0.290 e. The van der Waals surface area contributed by atoms with E-state index in [1.165, 1.54) is 13.9 Å². The number of anilines is 1. The Morgan fingerprint density at radius 3 is 2.41 bits per heavy atom. The van der Waals surface area contributed by atoms with Crippen molar-refractivity contribution in [2.75, 3.05) is 5.73 Å². The van der Waals surface area contributed by atoms with E-state index in [2.05, 4.69) is 25.3 Å². The van der Waals surface area contributed by atoms with Crippen molar-refractivity contribution in [3.8, 4) is 22.4 Å². The van der Waals surface area contributed by atoms with Gasteiger partial charge in [-0.25, -0.2) is 9.78 Å². The van der Waals surface area contributed by atoms with Crippen LogP contribution in [0.5, 0.6) is 0 Å². The first-order valence-corrected chi connectivity index (χ1v) is 10.1.